The zero-order chi connectivity index (χ0) is 16.6. The molecule has 0 fully saturated rings. The van der Waals surface area contributed by atoms with E-state index in [9.17, 15) is 15.3 Å². The van der Waals surface area contributed by atoms with Crippen molar-refractivity contribution < 1.29 is 20.4 Å². The van der Waals surface area contributed by atoms with Crippen LogP contribution in [0.5, 0.6) is 0 Å². The van der Waals surface area contributed by atoms with Crippen LogP contribution in [0, 0.1) is 0 Å². The van der Waals surface area contributed by atoms with Gasteiger partial charge in [-0.3, -0.25) is 0 Å². The minimum atomic E-state index is -0.704. The Morgan fingerprint density at radius 3 is 1.77 bits per heavy atom. The molecule has 134 valence electrons. The number of rotatable bonds is 16. The second-order valence-electron chi connectivity index (χ2n) is 6.50. The van der Waals surface area contributed by atoms with Crippen LogP contribution < -0.4 is 0 Å². The molecule has 0 aromatic rings. The number of hydrogen-bond acceptors (Lipinski definition) is 4. The van der Waals surface area contributed by atoms with Gasteiger partial charge >= 0.3 is 0 Å². The Labute approximate surface area is 136 Å². The van der Waals surface area contributed by atoms with Gasteiger partial charge in [-0.25, -0.2) is 0 Å². The highest BCUT2D eigenvalue weighted by atomic mass is 16.3. The molecule has 4 nitrogen and oxygen atoms in total. The van der Waals surface area contributed by atoms with Crippen LogP contribution in [0.25, 0.3) is 0 Å². The Morgan fingerprint density at radius 2 is 1.14 bits per heavy atom. The van der Waals surface area contributed by atoms with Gasteiger partial charge in [0.25, 0.3) is 0 Å². The number of hydrogen-bond donors (Lipinski definition) is 4. The molecule has 0 aliphatic carbocycles. The molecule has 0 heterocycles. The van der Waals surface area contributed by atoms with Crippen LogP contribution in [0.4, 0.5) is 0 Å². The van der Waals surface area contributed by atoms with Gasteiger partial charge in [0, 0.05) is 6.61 Å². The number of aliphatic hydroxyl groups is 4. The molecule has 0 rings (SSSR count). The average Bonchev–Trinajstić information content (AvgIpc) is 2.51. The first-order valence-corrected chi connectivity index (χ1v) is 9.26. The Morgan fingerprint density at radius 1 is 0.591 bits per heavy atom. The lowest BCUT2D eigenvalue weighted by molar-refractivity contribution is -0.000385. The zero-order valence-corrected chi connectivity index (χ0v) is 14.4. The summed E-state index contributed by atoms with van der Waals surface area (Å²) in [5, 5.41) is 38.3. The molecular weight excluding hydrogens is 280 g/mol. The summed E-state index contributed by atoms with van der Waals surface area (Å²) in [5.74, 6) is 0. The van der Waals surface area contributed by atoms with Crippen molar-refractivity contribution in [3.8, 4) is 0 Å². The molecule has 0 aromatic heterocycles. The molecule has 0 aliphatic heterocycles. The molecule has 0 aliphatic rings. The van der Waals surface area contributed by atoms with E-state index in [4.69, 9.17) is 5.11 Å². The summed E-state index contributed by atoms with van der Waals surface area (Å²) in [6.07, 6.45) is 10.3. The average molecular weight is 318 g/mol. The van der Waals surface area contributed by atoms with Crippen molar-refractivity contribution in [1.82, 2.24) is 0 Å². The first-order chi connectivity index (χ1) is 10.6. The Bertz CT molecular complexity index is 223. The third-order valence-electron chi connectivity index (χ3n) is 4.29. The normalized spacial score (nSPS) is 15.7. The first-order valence-electron chi connectivity index (χ1n) is 9.26. The lowest BCUT2D eigenvalue weighted by Gasteiger charge is -2.19. The summed E-state index contributed by atoms with van der Waals surface area (Å²) in [6.45, 7) is 2.40. The topological polar surface area (TPSA) is 80.9 Å². The van der Waals surface area contributed by atoms with Gasteiger partial charge in [-0.1, -0.05) is 58.3 Å². The van der Waals surface area contributed by atoms with Crippen LogP contribution in [0.2, 0.25) is 0 Å². The van der Waals surface area contributed by atoms with Crippen molar-refractivity contribution in [2.45, 2.75) is 109 Å². The smallest absolute Gasteiger partial charge is 0.0800 e. The summed E-state index contributed by atoms with van der Waals surface area (Å²) in [6, 6.07) is 0. The molecule has 3 atom stereocenters. The molecule has 3 unspecified atom stereocenters. The lowest BCUT2D eigenvalue weighted by atomic mass is 9.98. The van der Waals surface area contributed by atoms with Gasteiger partial charge in [-0.05, 0) is 32.1 Å². The SMILES string of the molecule is CCCCCC(O)C(O)CCC(O)CCCCCCCCO. The molecule has 0 bridgehead atoms. The maximum Gasteiger partial charge on any atom is 0.0800 e. The molecule has 0 amide bonds. The molecule has 0 saturated carbocycles. The van der Waals surface area contributed by atoms with Crippen LogP contribution in [-0.4, -0.2) is 45.3 Å². The fourth-order valence-electron chi connectivity index (χ4n) is 2.69. The highest BCUT2D eigenvalue weighted by Crippen LogP contribution is 2.15. The third kappa shape index (κ3) is 13.5. The summed E-state index contributed by atoms with van der Waals surface area (Å²) >= 11 is 0. The minimum Gasteiger partial charge on any atom is -0.396 e. The van der Waals surface area contributed by atoms with E-state index in [1.165, 1.54) is 0 Å². The molecule has 0 saturated heterocycles. The van der Waals surface area contributed by atoms with Crippen LogP contribution in [-0.2, 0) is 0 Å². The van der Waals surface area contributed by atoms with Gasteiger partial charge < -0.3 is 20.4 Å². The van der Waals surface area contributed by atoms with Gasteiger partial charge in [-0.15, -0.1) is 0 Å². The van der Waals surface area contributed by atoms with Gasteiger partial charge in [0.2, 0.25) is 0 Å². The molecule has 4 heteroatoms. The summed E-state index contributed by atoms with van der Waals surface area (Å²) in [5.41, 5.74) is 0. The third-order valence-corrected chi connectivity index (χ3v) is 4.29. The van der Waals surface area contributed by atoms with Crippen molar-refractivity contribution in [2.75, 3.05) is 6.61 Å². The van der Waals surface area contributed by atoms with E-state index >= 15 is 0 Å². The van der Waals surface area contributed by atoms with Crippen LogP contribution >= 0.6 is 0 Å². The standard InChI is InChI=1S/C18H38O4/c1-2-3-8-12-17(21)18(22)14-13-16(20)11-9-6-4-5-7-10-15-19/h16-22H,2-15H2,1H3. The minimum absolute atomic E-state index is 0.283. The van der Waals surface area contributed by atoms with E-state index in [-0.39, 0.29) is 12.7 Å². The monoisotopic (exact) mass is 318 g/mol. The molecule has 0 radical (unpaired) electrons. The Kier molecular flexibility index (Phi) is 15.6. The summed E-state index contributed by atoms with van der Waals surface area (Å²) in [7, 11) is 0. The second-order valence-corrected chi connectivity index (χ2v) is 6.50. The van der Waals surface area contributed by atoms with E-state index in [1.54, 1.807) is 0 Å². The van der Waals surface area contributed by atoms with Crippen molar-refractivity contribution in [2.24, 2.45) is 0 Å². The fourth-order valence-corrected chi connectivity index (χ4v) is 2.69. The molecule has 4 N–H and O–H groups in total. The van der Waals surface area contributed by atoms with Crippen molar-refractivity contribution in [3.63, 3.8) is 0 Å². The highest BCUT2D eigenvalue weighted by Gasteiger charge is 2.17. The first kappa shape index (κ1) is 21.8. The van der Waals surface area contributed by atoms with Gasteiger partial charge in [0.05, 0.1) is 18.3 Å². The largest absolute Gasteiger partial charge is 0.396 e. The summed E-state index contributed by atoms with van der Waals surface area (Å²) in [4.78, 5) is 0. The van der Waals surface area contributed by atoms with E-state index in [1.807, 2.05) is 0 Å². The van der Waals surface area contributed by atoms with E-state index < -0.39 is 12.2 Å². The van der Waals surface area contributed by atoms with Crippen molar-refractivity contribution in [3.05, 3.63) is 0 Å². The quantitative estimate of drug-likeness (QED) is 0.330. The number of aliphatic hydroxyl groups excluding tert-OH is 4. The molecular formula is C18H38O4. The fraction of sp³-hybridized carbons (Fsp3) is 1.00. The Hall–Kier alpha value is -0.160. The van der Waals surface area contributed by atoms with Crippen LogP contribution in [0.15, 0.2) is 0 Å². The predicted octanol–water partition coefficient (Wildman–Crippen LogP) is 3.15. The predicted molar refractivity (Wildman–Crippen MR) is 90.8 cm³/mol. The maximum atomic E-state index is 9.91. The number of unbranched alkanes of at least 4 members (excludes halogenated alkanes) is 7. The Balaban J connectivity index is 3.48. The van der Waals surface area contributed by atoms with Gasteiger partial charge in [-0.2, -0.15) is 0 Å². The van der Waals surface area contributed by atoms with E-state index in [2.05, 4.69) is 6.92 Å². The zero-order valence-electron chi connectivity index (χ0n) is 14.4. The van der Waals surface area contributed by atoms with Gasteiger partial charge in [0.15, 0.2) is 0 Å². The van der Waals surface area contributed by atoms with E-state index in [0.29, 0.717) is 19.3 Å². The highest BCUT2D eigenvalue weighted by molar-refractivity contribution is 4.69. The van der Waals surface area contributed by atoms with Crippen LogP contribution in [0.1, 0.15) is 90.4 Å². The summed E-state index contributed by atoms with van der Waals surface area (Å²) < 4.78 is 0. The maximum absolute atomic E-state index is 9.91. The van der Waals surface area contributed by atoms with E-state index in [0.717, 1.165) is 64.2 Å². The van der Waals surface area contributed by atoms with Crippen molar-refractivity contribution >= 4 is 0 Å². The molecule has 0 aromatic carbocycles. The van der Waals surface area contributed by atoms with Crippen molar-refractivity contribution in [1.29, 1.82) is 0 Å². The molecule has 22 heavy (non-hydrogen) atoms. The van der Waals surface area contributed by atoms with Crippen LogP contribution in [0.3, 0.4) is 0 Å². The van der Waals surface area contributed by atoms with Gasteiger partial charge in [0.1, 0.15) is 0 Å². The lowest BCUT2D eigenvalue weighted by Crippen LogP contribution is -2.27. The second kappa shape index (κ2) is 15.7. The molecule has 0 spiro atoms.